The lowest BCUT2D eigenvalue weighted by Crippen LogP contribution is -2.54. The van der Waals surface area contributed by atoms with E-state index in [0.717, 1.165) is 0 Å². The molecule has 7 heteroatoms. The van der Waals surface area contributed by atoms with Crippen LogP contribution in [-0.2, 0) is 14.3 Å². The van der Waals surface area contributed by atoms with Crippen molar-refractivity contribution in [1.82, 2.24) is 16.0 Å². The molecule has 3 N–H and O–H groups in total. The molecule has 0 saturated carbocycles. The average molecular weight is 301 g/mol. The van der Waals surface area contributed by atoms with Gasteiger partial charge in [-0.1, -0.05) is 0 Å². The molecule has 0 bridgehead atoms. The molecule has 0 aromatic heterocycles. The van der Waals surface area contributed by atoms with E-state index in [1.54, 1.807) is 20.8 Å². The number of hydrogen-bond donors (Lipinski definition) is 3. The van der Waals surface area contributed by atoms with Gasteiger partial charge in [0.2, 0.25) is 11.8 Å². The lowest BCUT2D eigenvalue weighted by molar-refractivity contribution is -0.129. The zero-order valence-electron chi connectivity index (χ0n) is 13.9. The van der Waals surface area contributed by atoms with Gasteiger partial charge in [-0.15, -0.1) is 0 Å². The van der Waals surface area contributed by atoms with Gasteiger partial charge in [-0.2, -0.15) is 0 Å². The van der Waals surface area contributed by atoms with Crippen molar-refractivity contribution in [1.29, 1.82) is 0 Å². The second-order valence-electron chi connectivity index (χ2n) is 6.82. The van der Waals surface area contributed by atoms with E-state index in [1.165, 1.54) is 7.05 Å². The summed E-state index contributed by atoms with van der Waals surface area (Å²) in [6, 6.07) is -0.987. The van der Waals surface area contributed by atoms with Gasteiger partial charge in [0.1, 0.15) is 11.6 Å². The van der Waals surface area contributed by atoms with E-state index in [9.17, 15) is 14.4 Å². The van der Waals surface area contributed by atoms with Crippen LogP contribution in [0.1, 0.15) is 48.0 Å². The summed E-state index contributed by atoms with van der Waals surface area (Å²) in [4.78, 5) is 35.4. The maximum Gasteiger partial charge on any atom is 0.408 e. The third-order valence-corrected chi connectivity index (χ3v) is 2.17. The van der Waals surface area contributed by atoms with Crippen LogP contribution in [0.25, 0.3) is 0 Å². The summed E-state index contributed by atoms with van der Waals surface area (Å²) >= 11 is 0. The van der Waals surface area contributed by atoms with Gasteiger partial charge in [-0.25, -0.2) is 4.79 Å². The summed E-state index contributed by atoms with van der Waals surface area (Å²) in [5, 5.41) is 7.58. The van der Waals surface area contributed by atoms with Gasteiger partial charge in [0, 0.05) is 12.6 Å². The third-order valence-electron chi connectivity index (χ3n) is 2.17. The minimum Gasteiger partial charge on any atom is -0.444 e. The van der Waals surface area contributed by atoms with Gasteiger partial charge >= 0.3 is 6.09 Å². The van der Waals surface area contributed by atoms with Gasteiger partial charge in [-0.3, -0.25) is 9.59 Å². The summed E-state index contributed by atoms with van der Waals surface area (Å²) in [7, 11) is 1.47. The number of ether oxygens (including phenoxy) is 1. The molecular formula is C14H27N3O4. The minimum absolute atomic E-state index is 0.155. The molecule has 0 spiro atoms. The normalized spacial score (nSPS) is 13.1. The van der Waals surface area contributed by atoms with Gasteiger partial charge in [0.15, 0.2) is 0 Å². The number of carbonyl (C=O) groups is 3. The minimum atomic E-state index is -0.987. The van der Waals surface area contributed by atoms with Crippen LogP contribution in [0.3, 0.4) is 0 Å². The lowest BCUT2D eigenvalue weighted by atomic mass is 10.1. The fraction of sp³-hybridized carbons (Fsp3) is 0.786. The van der Waals surface area contributed by atoms with Crippen molar-refractivity contribution in [3.05, 3.63) is 0 Å². The first-order chi connectivity index (χ1) is 9.34. The summed E-state index contributed by atoms with van der Waals surface area (Å²) in [6.07, 6.45) is -0.891. The largest absolute Gasteiger partial charge is 0.444 e. The van der Waals surface area contributed by atoms with Crippen LogP contribution in [0.15, 0.2) is 0 Å². The molecule has 0 aliphatic carbocycles. The monoisotopic (exact) mass is 301 g/mol. The van der Waals surface area contributed by atoms with E-state index >= 15 is 0 Å². The standard InChI is InChI=1S/C14H27N3O4/c1-13(2,3)17-11(19)9(8-10(18)15-7)16-12(20)21-14(4,5)6/h9H,8H2,1-7H3,(H,15,18)(H,16,20)(H,17,19)/t9-/m1/s1. The Morgan fingerprint density at radius 2 is 1.57 bits per heavy atom. The second kappa shape index (κ2) is 7.28. The molecule has 0 aromatic carbocycles. The topological polar surface area (TPSA) is 96.5 Å². The first-order valence-corrected chi connectivity index (χ1v) is 6.86. The van der Waals surface area contributed by atoms with Crippen LogP contribution in [0.5, 0.6) is 0 Å². The molecule has 0 aliphatic rings. The maximum absolute atomic E-state index is 12.1. The molecule has 7 nitrogen and oxygen atoms in total. The van der Waals surface area contributed by atoms with Crippen molar-refractivity contribution in [2.75, 3.05) is 7.05 Å². The second-order valence-corrected chi connectivity index (χ2v) is 6.82. The zero-order valence-corrected chi connectivity index (χ0v) is 13.9. The van der Waals surface area contributed by atoms with Crippen molar-refractivity contribution < 1.29 is 19.1 Å². The molecule has 0 aromatic rings. The third kappa shape index (κ3) is 9.70. The first kappa shape index (κ1) is 19.2. The molecule has 0 heterocycles. The number of nitrogens with one attached hydrogen (secondary N) is 3. The molecule has 3 amide bonds. The summed E-state index contributed by atoms with van der Waals surface area (Å²) in [6.45, 7) is 10.6. The molecule has 1 atom stereocenters. The predicted molar refractivity (Wildman–Crippen MR) is 79.7 cm³/mol. The van der Waals surface area contributed by atoms with Gasteiger partial charge in [0.25, 0.3) is 0 Å². The lowest BCUT2D eigenvalue weighted by Gasteiger charge is -2.26. The van der Waals surface area contributed by atoms with Crippen LogP contribution in [0.4, 0.5) is 4.79 Å². The van der Waals surface area contributed by atoms with Gasteiger partial charge in [0.05, 0.1) is 6.42 Å². The number of rotatable bonds is 4. The van der Waals surface area contributed by atoms with E-state index in [2.05, 4.69) is 16.0 Å². The Labute approximate surface area is 126 Å². The van der Waals surface area contributed by atoms with Crippen molar-refractivity contribution in [2.45, 2.75) is 65.1 Å². The van der Waals surface area contributed by atoms with Crippen LogP contribution in [0, 0.1) is 0 Å². The number of hydrogen-bond acceptors (Lipinski definition) is 4. The fourth-order valence-electron chi connectivity index (χ4n) is 1.40. The van der Waals surface area contributed by atoms with E-state index in [-0.39, 0.29) is 12.3 Å². The Hall–Kier alpha value is -1.79. The summed E-state index contributed by atoms with van der Waals surface area (Å²) in [5.74, 6) is -0.780. The predicted octanol–water partition coefficient (Wildman–Crippen LogP) is 0.930. The molecule has 122 valence electrons. The fourth-order valence-corrected chi connectivity index (χ4v) is 1.40. The van der Waals surface area contributed by atoms with Crippen LogP contribution < -0.4 is 16.0 Å². The highest BCUT2D eigenvalue weighted by Crippen LogP contribution is 2.08. The highest BCUT2D eigenvalue weighted by atomic mass is 16.6. The van der Waals surface area contributed by atoms with Gasteiger partial charge < -0.3 is 20.7 Å². The maximum atomic E-state index is 12.1. The highest BCUT2D eigenvalue weighted by molar-refractivity contribution is 5.91. The van der Waals surface area contributed by atoms with Crippen LogP contribution in [-0.4, -0.2) is 42.1 Å². The van der Waals surface area contributed by atoms with Crippen molar-refractivity contribution in [2.24, 2.45) is 0 Å². The Kier molecular flexibility index (Phi) is 6.66. The van der Waals surface area contributed by atoms with Crippen LogP contribution in [0.2, 0.25) is 0 Å². The number of amides is 3. The van der Waals surface area contributed by atoms with Crippen molar-refractivity contribution in [3.8, 4) is 0 Å². The highest BCUT2D eigenvalue weighted by Gasteiger charge is 2.28. The van der Waals surface area contributed by atoms with Crippen molar-refractivity contribution in [3.63, 3.8) is 0 Å². The average Bonchev–Trinajstić information content (AvgIpc) is 2.22. The Balaban J connectivity index is 4.86. The first-order valence-electron chi connectivity index (χ1n) is 6.86. The Bertz CT molecular complexity index is 394. The molecule has 0 saturated heterocycles. The molecular weight excluding hydrogens is 274 g/mol. The van der Waals surface area contributed by atoms with Crippen LogP contribution >= 0.6 is 0 Å². The van der Waals surface area contributed by atoms with E-state index < -0.39 is 29.2 Å². The molecule has 0 aliphatic heterocycles. The van der Waals surface area contributed by atoms with E-state index in [0.29, 0.717) is 0 Å². The Morgan fingerprint density at radius 1 is 1.05 bits per heavy atom. The number of alkyl carbamates (subject to hydrolysis) is 1. The quantitative estimate of drug-likeness (QED) is 0.719. The molecule has 0 unspecified atom stereocenters. The summed E-state index contributed by atoms with van der Waals surface area (Å²) < 4.78 is 5.10. The number of carbonyl (C=O) groups excluding carboxylic acids is 3. The smallest absolute Gasteiger partial charge is 0.408 e. The SMILES string of the molecule is CNC(=O)C[C@@H](NC(=O)OC(C)(C)C)C(=O)NC(C)(C)C. The van der Waals surface area contributed by atoms with E-state index in [1.807, 2.05) is 20.8 Å². The van der Waals surface area contributed by atoms with E-state index in [4.69, 9.17) is 4.74 Å². The van der Waals surface area contributed by atoms with Gasteiger partial charge in [-0.05, 0) is 41.5 Å². The Morgan fingerprint density at radius 3 is 1.95 bits per heavy atom. The molecule has 21 heavy (non-hydrogen) atoms. The molecule has 0 fully saturated rings. The summed E-state index contributed by atoms with van der Waals surface area (Å²) in [5.41, 5.74) is -1.14. The zero-order chi connectivity index (χ0) is 16.8. The molecule has 0 rings (SSSR count). The van der Waals surface area contributed by atoms with Crippen molar-refractivity contribution >= 4 is 17.9 Å². The molecule has 0 radical (unpaired) electrons.